The molecule has 2 aromatic carbocycles. The quantitative estimate of drug-likeness (QED) is 0.833. The van der Waals surface area contributed by atoms with Gasteiger partial charge in [-0.15, -0.1) is 0 Å². The van der Waals surface area contributed by atoms with Crippen molar-refractivity contribution < 1.29 is 0 Å². The Balaban J connectivity index is 1.98. The third-order valence-electron chi connectivity index (χ3n) is 3.33. The number of aliphatic imine (C=N–C) groups is 1. The van der Waals surface area contributed by atoms with E-state index < -0.39 is 0 Å². The number of nitrogens with two attached hydrogens (primary N) is 1. The van der Waals surface area contributed by atoms with Crippen LogP contribution in [0, 0.1) is 0 Å². The molecule has 3 rings (SSSR count). The van der Waals surface area contributed by atoms with E-state index >= 15 is 0 Å². The van der Waals surface area contributed by atoms with E-state index in [1.54, 1.807) is 0 Å². The van der Waals surface area contributed by atoms with Crippen LogP contribution in [0.2, 0.25) is 0 Å². The summed E-state index contributed by atoms with van der Waals surface area (Å²) in [6.07, 6.45) is 0. The molecule has 20 heavy (non-hydrogen) atoms. The number of hydrogen-bond acceptors (Lipinski definition) is 3. The zero-order chi connectivity index (χ0) is 14.1. The Labute approximate surface area is 134 Å². The number of rotatable bonds is 2. The van der Waals surface area contributed by atoms with Gasteiger partial charge in [0.25, 0.3) is 0 Å². The Morgan fingerprint density at radius 3 is 2.50 bits per heavy atom. The molecular formula is C15H13Br2N3. The van der Waals surface area contributed by atoms with Crippen molar-refractivity contribution in [3.8, 4) is 0 Å². The molecule has 0 bridgehead atoms. The molecule has 0 fully saturated rings. The van der Waals surface area contributed by atoms with Crippen molar-refractivity contribution in [1.29, 1.82) is 0 Å². The Morgan fingerprint density at radius 1 is 1.05 bits per heavy atom. The highest BCUT2D eigenvalue weighted by molar-refractivity contribution is 9.10. The number of anilines is 1. The molecule has 2 N–H and O–H groups in total. The molecule has 2 aromatic rings. The average molecular weight is 395 g/mol. The first-order valence-corrected chi connectivity index (χ1v) is 7.84. The lowest BCUT2D eigenvalue weighted by Crippen LogP contribution is -2.36. The zero-order valence-corrected chi connectivity index (χ0v) is 13.8. The molecule has 1 aliphatic rings. The molecule has 0 aliphatic carbocycles. The minimum atomic E-state index is 0.150. The maximum Gasteiger partial charge on any atom is 0.196 e. The molecule has 3 nitrogen and oxygen atoms in total. The van der Waals surface area contributed by atoms with Crippen LogP contribution in [0.3, 0.4) is 0 Å². The Bertz CT molecular complexity index is 652. The van der Waals surface area contributed by atoms with E-state index in [4.69, 9.17) is 5.73 Å². The van der Waals surface area contributed by atoms with Crippen LogP contribution < -0.4 is 10.6 Å². The van der Waals surface area contributed by atoms with Crippen LogP contribution in [0.25, 0.3) is 0 Å². The lowest BCUT2D eigenvalue weighted by Gasteiger charge is -2.26. The number of hydrogen-bond donors (Lipinski definition) is 1. The Hall–Kier alpha value is -1.33. The van der Waals surface area contributed by atoms with Gasteiger partial charge < -0.3 is 10.6 Å². The third kappa shape index (κ3) is 2.60. The van der Waals surface area contributed by atoms with E-state index in [1.165, 1.54) is 5.56 Å². The maximum atomic E-state index is 6.07. The molecule has 102 valence electrons. The summed E-state index contributed by atoms with van der Waals surface area (Å²) >= 11 is 6.96. The van der Waals surface area contributed by atoms with Crippen molar-refractivity contribution in [2.75, 3.05) is 11.4 Å². The van der Waals surface area contributed by atoms with Crippen molar-refractivity contribution >= 4 is 43.5 Å². The molecule has 0 aromatic heterocycles. The summed E-state index contributed by atoms with van der Waals surface area (Å²) in [5, 5.41) is 0. The van der Waals surface area contributed by atoms with E-state index in [1.807, 2.05) is 30.3 Å². The minimum Gasteiger partial charge on any atom is -0.369 e. The van der Waals surface area contributed by atoms with Crippen LogP contribution in [0.5, 0.6) is 0 Å². The van der Waals surface area contributed by atoms with Gasteiger partial charge in [0.05, 0.1) is 12.6 Å². The standard InChI is InChI=1S/C15H13Br2N3/c16-11-6-4-10(5-7-11)14-9-19-15(18)20(14)13-3-1-2-12(17)8-13/h1-8,14H,9H2,(H2,18,19). The van der Waals surface area contributed by atoms with Crippen LogP contribution in [0.1, 0.15) is 11.6 Å². The largest absolute Gasteiger partial charge is 0.369 e. The van der Waals surface area contributed by atoms with Gasteiger partial charge in [0, 0.05) is 14.6 Å². The van der Waals surface area contributed by atoms with E-state index in [9.17, 15) is 0 Å². The van der Waals surface area contributed by atoms with Gasteiger partial charge in [-0.2, -0.15) is 0 Å². The van der Waals surface area contributed by atoms with Crippen LogP contribution in [0.4, 0.5) is 5.69 Å². The topological polar surface area (TPSA) is 41.6 Å². The summed E-state index contributed by atoms with van der Waals surface area (Å²) in [4.78, 5) is 6.47. The van der Waals surface area contributed by atoms with E-state index in [-0.39, 0.29) is 6.04 Å². The molecule has 1 aliphatic heterocycles. The highest BCUT2D eigenvalue weighted by Crippen LogP contribution is 2.32. The van der Waals surface area contributed by atoms with Crippen molar-refractivity contribution in [2.24, 2.45) is 10.7 Å². The first kappa shape index (κ1) is 13.6. The van der Waals surface area contributed by atoms with E-state index in [2.05, 4.69) is 60.0 Å². The molecule has 1 unspecified atom stereocenters. The number of nitrogens with zero attached hydrogens (tertiary/aromatic N) is 2. The minimum absolute atomic E-state index is 0.150. The number of guanidine groups is 1. The third-order valence-corrected chi connectivity index (χ3v) is 4.35. The number of halogens is 2. The molecule has 0 amide bonds. The highest BCUT2D eigenvalue weighted by Gasteiger charge is 2.28. The SMILES string of the molecule is NC1=NCC(c2ccc(Br)cc2)N1c1cccc(Br)c1. The predicted molar refractivity (Wildman–Crippen MR) is 90.0 cm³/mol. The molecule has 1 heterocycles. The van der Waals surface area contributed by atoms with Crippen molar-refractivity contribution in [1.82, 2.24) is 0 Å². The van der Waals surface area contributed by atoms with Crippen molar-refractivity contribution in [2.45, 2.75) is 6.04 Å². The lowest BCUT2D eigenvalue weighted by molar-refractivity contribution is 0.768. The predicted octanol–water partition coefficient (Wildman–Crippen LogP) is 4.09. The summed E-state index contributed by atoms with van der Waals surface area (Å²) in [6, 6.07) is 16.6. The smallest absolute Gasteiger partial charge is 0.196 e. The average Bonchev–Trinajstić information content (AvgIpc) is 2.81. The van der Waals surface area contributed by atoms with Gasteiger partial charge >= 0.3 is 0 Å². The second-order valence-electron chi connectivity index (χ2n) is 4.62. The molecule has 0 radical (unpaired) electrons. The van der Waals surface area contributed by atoms with Crippen molar-refractivity contribution in [3.63, 3.8) is 0 Å². The highest BCUT2D eigenvalue weighted by atomic mass is 79.9. The fourth-order valence-electron chi connectivity index (χ4n) is 2.38. The van der Waals surface area contributed by atoms with Crippen LogP contribution in [0.15, 0.2) is 62.5 Å². The first-order valence-electron chi connectivity index (χ1n) is 6.25. The fourth-order valence-corrected chi connectivity index (χ4v) is 3.03. The molecule has 0 saturated carbocycles. The molecule has 0 saturated heterocycles. The van der Waals surface area contributed by atoms with Gasteiger partial charge in [-0.05, 0) is 35.9 Å². The van der Waals surface area contributed by atoms with Gasteiger partial charge in [0.2, 0.25) is 0 Å². The molecule has 1 atom stereocenters. The first-order chi connectivity index (χ1) is 9.65. The van der Waals surface area contributed by atoms with Gasteiger partial charge in [0.1, 0.15) is 0 Å². The summed E-state index contributed by atoms with van der Waals surface area (Å²) in [7, 11) is 0. The second-order valence-corrected chi connectivity index (χ2v) is 6.45. The summed E-state index contributed by atoms with van der Waals surface area (Å²) in [5.41, 5.74) is 8.32. The Morgan fingerprint density at radius 2 is 1.80 bits per heavy atom. The molecular weight excluding hydrogens is 382 g/mol. The van der Waals surface area contributed by atoms with E-state index in [0.717, 1.165) is 14.6 Å². The summed E-state index contributed by atoms with van der Waals surface area (Å²) in [5.74, 6) is 0.566. The monoisotopic (exact) mass is 393 g/mol. The second kappa shape index (κ2) is 5.58. The van der Waals surface area contributed by atoms with Crippen LogP contribution >= 0.6 is 31.9 Å². The normalized spacial score (nSPS) is 18.2. The van der Waals surface area contributed by atoms with Gasteiger partial charge in [0.15, 0.2) is 5.96 Å². The fraction of sp³-hybridized carbons (Fsp3) is 0.133. The summed E-state index contributed by atoms with van der Waals surface area (Å²) in [6.45, 7) is 0.681. The van der Waals surface area contributed by atoms with E-state index in [0.29, 0.717) is 12.5 Å². The molecule has 0 spiro atoms. The van der Waals surface area contributed by atoms with Gasteiger partial charge in [-0.25, -0.2) is 0 Å². The van der Waals surface area contributed by atoms with Crippen molar-refractivity contribution in [3.05, 3.63) is 63.0 Å². The van der Waals surface area contributed by atoms with Gasteiger partial charge in [-0.3, -0.25) is 4.99 Å². The number of benzene rings is 2. The Kier molecular flexibility index (Phi) is 3.81. The summed E-state index contributed by atoms with van der Waals surface area (Å²) < 4.78 is 2.10. The lowest BCUT2D eigenvalue weighted by atomic mass is 10.1. The van der Waals surface area contributed by atoms with Gasteiger partial charge in [-0.1, -0.05) is 50.1 Å². The maximum absolute atomic E-state index is 6.07. The van der Waals surface area contributed by atoms with Crippen LogP contribution in [-0.2, 0) is 0 Å². The van der Waals surface area contributed by atoms with Crippen LogP contribution in [-0.4, -0.2) is 12.5 Å². The molecule has 5 heteroatoms. The zero-order valence-electron chi connectivity index (χ0n) is 10.6.